The first-order valence-electron chi connectivity index (χ1n) is 10.6. The molecule has 2 aromatic heterocycles. The van der Waals surface area contributed by atoms with Crippen molar-refractivity contribution in [2.24, 2.45) is 0 Å². The van der Waals surface area contributed by atoms with E-state index in [9.17, 15) is 4.79 Å². The second-order valence-electron chi connectivity index (χ2n) is 8.30. The van der Waals surface area contributed by atoms with E-state index < -0.39 is 0 Å². The van der Waals surface area contributed by atoms with E-state index in [1.54, 1.807) is 6.20 Å². The number of carbonyl (C=O) groups excluding carboxylic acids is 1. The van der Waals surface area contributed by atoms with Gasteiger partial charge in [0, 0.05) is 35.4 Å². The maximum absolute atomic E-state index is 13.1. The van der Waals surface area contributed by atoms with E-state index in [-0.39, 0.29) is 11.8 Å². The quantitative estimate of drug-likeness (QED) is 0.447. The third-order valence-electron chi connectivity index (χ3n) is 5.96. The predicted octanol–water partition coefficient (Wildman–Crippen LogP) is 5.73. The Morgan fingerprint density at radius 3 is 3.00 bits per heavy atom. The molecule has 1 aliphatic heterocycles. The van der Waals surface area contributed by atoms with Crippen molar-refractivity contribution in [3.05, 3.63) is 88.2 Å². The summed E-state index contributed by atoms with van der Waals surface area (Å²) >= 11 is 6.27. The number of nitrogens with zero attached hydrogens (tertiary/aromatic N) is 2. The number of hydrogen-bond donors (Lipinski definition) is 1. The van der Waals surface area contributed by atoms with Crippen LogP contribution in [0, 0.1) is 6.92 Å². The van der Waals surface area contributed by atoms with Gasteiger partial charge in [-0.3, -0.25) is 4.79 Å². The Hall–Kier alpha value is -3.05. The van der Waals surface area contributed by atoms with E-state index in [4.69, 9.17) is 16.0 Å². The molecule has 0 bridgehead atoms. The number of aromatic amines is 1. The van der Waals surface area contributed by atoms with Gasteiger partial charge in [0.2, 0.25) is 0 Å². The van der Waals surface area contributed by atoms with Gasteiger partial charge >= 0.3 is 0 Å². The van der Waals surface area contributed by atoms with Gasteiger partial charge in [0.25, 0.3) is 5.91 Å². The lowest BCUT2D eigenvalue weighted by Crippen LogP contribution is -2.39. The minimum atomic E-state index is 0.0291. The maximum Gasteiger partial charge on any atom is 0.270 e. The molecule has 1 unspecified atom stereocenters. The Morgan fingerprint density at radius 1 is 1.26 bits per heavy atom. The Balaban J connectivity index is 1.30. The van der Waals surface area contributed by atoms with Crippen LogP contribution < -0.4 is 0 Å². The van der Waals surface area contributed by atoms with E-state index in [0.29, 0.717) is 24.6 Å². The highest BCUT2D eigenvalue weighted by atomic mass is 35.5. The molecule has 158 valence electrons. The molecule has 0 radical (unpaired) electrons. The molecule has 5 rings (SSSR count). The molecule has 1 saturated heterocycles. The average Bonchev–Trinajstić information content (AvgIpc) is 3.42. The highest BCUT2D eigenvalue weighted by Gasteiger charge is 2.29. The van der Waals surface area contributed by atoms with Crippen molar-refractivity contribution in [1.29, 1.82) is 0 Å². The number of piperidine rings is 1. The van der Waals surface area contributed by atoms with Crippen LogP contribution in [0.15, 0.2) is 59.1 Å². The average molecular weight is 434 g/mol. The van der Waals surface area contributed by atoms with Crippen LogP contribution in [0.5, 0.6) is 0 Å². The number of benzene rings is 2. The van der Waals surface area contributed by atoms with Crippen molar-refractivity contribution in [2.75, 3.05) is 13.1 Å². The minimum absolute atomic E-state index is 0.0291. The van der Waals surface area contributed by atoms with Gasteiger partial charge in [-0.25, -0.2) is 4.98 Å². The smallest absolute Gasteiger partial charge is 0.270 e. The molecule has 1 fully saturated rings. The molecule has 6 heteroatoms. The number of carbonyl (C=O) groups is 1. The number of amides is 1. The van der Waals surface area contributed by atoms with Gasteiger partial charge in [-0.2, -0.15) is 0 Å². The number of rotatable bonds is 4. The number of hydrogen-bond acceptors (Lipinski definition) is 3. The summed E-state index contributed by atoms with van der Waals surface area (Å²) in [5.74, 6) is 1.62. The zero-order valence-corrected chi connectivity index (χ0v) is 18.2. The number of oxazole rings is 1. The summed E-state index contributed by atoms with van der Waals surface area (Å²) < 4.78 is 6.06. The first-order chi connectivity index (χ1) is 15.1. The number of aryl methyl sites for hydroxylation is 1. The minimum Gasteiger partial charge on any atom is -0.445 e. The lowest BCUT2D eigenvalue weighted by atomic mass is 9.97. The van der Waals surface area contributed by atoms with Crippen LogP contribution in [0.3, 0.4) is 0 Å². The van der Waals surface area contributed by atoms with Gasteiger partial charge in [-0.05, 0) is 49.1 Å². The highest BCUT2D eigenvalue weighted by Crippen LogP contribution is 2.29. The Labute approximate surface area is 186 Å². The SMILES string of the molecule is Cc1ccc2cc(C(=O)N3CCCC(c4ncc(Cc5ccccc5Cl)o4)C3)[nH]c2c1. The Kier molecular flexibility index (Phi) is 5.28. The summed E-state index contributed by atoms with van der Waals surface area (Å²) in [5, 5.41) is 1.78. The summed E-state index contributed by atoms with van der Waals surface area (Å²) in [6, 6.07) is 15.9. The molecule has 1 atom stereocenters. The van der Waals surface area contributed by atoms with E-state index in [2.05, 4.69) is 22.1 Å². The van der Waals surface area contributed by atoms with Crippen molar-refractivity contribution in [2.45, 2.75) is 32.1 Å². The second-order valence-corrected chi connectivity index (χ2v) is 8.70. The van der Waals surface area contributed by atoms with Crippen molar-refractivity contribution < 1.29 is 9.21 Å². The molecule has 1 aliphatic rings. The number of halogens is 1. The van der Waals surface area contributed by atoms with Crippen molar-refractivity contribution in [1.82, 2.24) is 14.9 Å². The number of likely N-dealkylation sites (tertiary alicyclic amines) is 1. The van der Waals surface area contributed by atoms with Crippen LogP contribution in [-0.2, 0) is 6.42 Å². The third kappa shape index (κ3) is 4.10. The zero-order chi connectivity index (χ0) is 21.4. The van der Waals surface area contributed by atoms with Gasteiger partial charge in [0.05, 0.1) is 12.1 Å². The lowest BCUT2D eigenvalue weighted by molar-refractivity contribution is 0.0693. The molecule has 2 aromatic carbocycles. The van der Waals surface area contributed by atoms with Crippen LogP contribution in [-0.4, -0.2) is 33.9 Å². The molecule has 0 saturated carbocycles. The highest BCUT2D eigenvalue weighted by molar-refractivity contribution is 6.31. The fourth-order valence-electron chi connectivity index (χ4n) is 4.31. The standard InChI is InChI=1S/C25H24ClN3O2/c1-16-8-9-18-13-23(28-22(18)11-16)25(30)29-10-4-6-19(15-29)24-27-14-20(31-24)12-17-5-2-3-7-21(17)26/h2-3,5,7-9,11,13-14,19,28H,4,6,10,12,15H2,1H3. The molecule has 4 aromatic rings. The molecular formula is C25H24ClN3O2. The summed E-state index contributed by atoms with van der Waals surface area (Å²) in [6.07, 6.45) is 4.27. The van der Waals surface area contributed by atoms with Crippen LogP contribution in [0.2, 0.25) is 5.02 Å². The van der Waals surface area contributed by atoms with Crippen LogP contribution >= 0.6 is 11.6 Å². The Bertz CT molecular complexity index is 1240. The fourth-order valence-corrected chi connectivity index (χ4v) is 4.51. The molecule has 0 aliphatic carbocycles. The monoisotopic (exact) mass is 433 g/mol. The topological polar surface area (TPSA) is 62.1 Å². The molecule has 31 heavy (non-hydrogen) atoms. The van der Waals surface area contributed by atoms with Crippen LogP contribution in [0.1, 0.15) is 52.0 Å². The summed E-state index contributed by atoms with van der Waals surface area (Å²) in [5.41, 5.74) is 3.81. The first kappa shape index (κ1) is 19.9. The molecule has 5 nitrogen and oxygen atoms in total. The van der Waals surface area contributed by atoms with E-state index in [0.717, 1.165) is 46.6 Å². The predicted molar refractivity (Wildman–Crippen MR) is 122 cm³/mol. The third-order valence-corrected chi connectivity index (χ3v) is 6.33. The molecule has 0 spiro atoms. The lowest BCUT2D eigenvalue weighted by Gasteiger charge is -2.31. The zero-order valence-electron chi connectivity index (χ0n) is 17.4. The first-order valence-corrected chi connectivity index (χ1v) is 11.0. The van der Waals surface area contributed by atoms with Crippen molar-refractivity contribution >= 4 is 28.4 Å². The summed E-state index contributed by atoms with van der Waals surface area (Å²) in [6.45, 7) is 3.41. The summed E-state index contributed by atoms with van der Waals surface area (Å²) in [4.78, 5) is 22.9. The largest absolute Gasteiger partial charge is 0.445 e. The number of nitrogens with one attached hydrogen (secondary N) is 1. The van der Waals surface area contributed by atoms with Crippen LogP contribution in [0.25, 0.3) is 10.9 Å². The van der Waals surface area contributed by atoms with Gasteiger partial charge in [0.15, 0.2) is 5.89 Å². The second kappa shape index (κ2) is 8.23. The normalized spacial score (nSPS) is 16.7. The molecule has 3 heterocycles. The summed E-state index contributed by atoms with van der Waals surface area (Å²) in [7, 11) is 0. The van der Waals surface area contributed by atoms with Crippen molar-refractivity contribution in [3.8, 4) is 0 Å². The van der Waals surface area contributed by atoms with Gasteiger partial charge < -0.3 is 14.3 Å². The maximum atomic E-state index is 13.1. The fraction of sp³-hybridized carbons (Fsp3) is 0.280. The van der Waals surface area contributed by atoms with Gasteiger partial charge in [0.1, 0.15) is 11.5 Å². The molecule has 1 N–H and O–H groups in total. The number of H-pyrrole nitrogens is 1. The number of aromatic nitrogens is 2. The van der Waals surface area contributed by atoms with Gasteiger partial charge in [-0.1, -0.05) is 41.9 Å². The number of fused-ring (bicyclic) bond motifs is 1. The Morgan fingerprint density at radius 2 is 2.13 bits per heavy atom. The van der Waals surface area contributed by atoms with Crippen molar-refractivity contribution in [3.63, 3.8) is 0 Å². The van der Waals surface area contributed by atoms with E-state index in [1.807, 2.05) is 48.2 Å². The van der Waals surface area contributed by atoms with E-state index in [1.165, 1.54) is 5.56 Å². The molecular weight excluding hydrogens is 410 g/mol. The molecule has 1 amide bonds. The van der Waals surface area contributed by atoms with E-state index >= 15 is 0 Å². The van der Waals surface area contributed by atoms with Gasteiger partial charge in [-0.15, -0.1) is 0 Å². The van der Waals surface area contributed by atoms with Crippen LogP contribution in [0.4, 0.5) is 0 Å².